The van der Waals surface area contributed by atoms with Crippen molar-refractivity contribution in [2.24, 2.45) is 0 Å². The Labute approximate surface area is 94.5 Å². The minimum Gasteiger partial charge on any atom is -0.624 e. The van der Waals surface area contributed by atoms with Crippen molar-refractivity contribution in [3.05, 3.63) is 22.9 Å². The zero-order chi connectivity index (χ0) is 12.1. The molecular formula is C11H15NO4. The van der Waals surface area contributed by atoms with Gasteiger partial charge < -0.3 is 19.4 Å². The molecule has 5 nitrogen and oxygen atoms in total. The lowest BCUT2D eigenvalue weighted by Crippen LogP contribution is -2.03. The van der Waals surface area contributed by atoms with E-state index in [2.05, 4.69) is 0 Å². The summed E-state index contributed by atoms with van der Waals surface area (Å²) in [5.41, 5.74) is 0.586. The van der Waals surface area contributed by atoms with Gasteiger partial charge in [-0.1, -0.05) is 0 Å². The highest BCUT2D eigenvalue weighted by molar-refractivity contribution is 5.85. The van der Waals surface area contributed by atoms with Gasteiger partial charge in [0.25, 0.3) is 0 Å². The maximum Gasteiger partial charge on any atom is 0.189 e. The second kappa shape index (κ2) is 5.25. The summed E-state index contributed by atoms with van der Waals surface area (Å²) >= 11 is 0. The first-order valence-electron chi connectivity index (χ1n) is 4.67. The third kappa shape index (κ3) is 2.56. The topological polar surface area (TPSA) is 53.8 Å². The smallest absolute Gasteiger partial charge is 0.189 e. The molecule has 0 aromatic heterocycles. The molecule has 0 saturated heterocycles. The lowest BCUT2D eigenvalue weighted by Gasteiger charge is -2.11. The van der Waals surface area contributed by atoms with E-state index in [1.807, 2.05) is 0 Å². The zero-order valence-electron chi connectivity index (χ0n) is 9.81. The summed E-state index contributed by atoms with van der Waals surface area (Å²) in [5, 5.41) is 11.0. The van der Waals surface area contributed by atoms with E-state index in [-0.39, 0.29) is 0 Å². The summed E-state index contributed by atoms with van der Waals surface area (Å²) in [6.45, 7) is 0. The number of rotatable bonds is 4. The largest absolute Gasteiger partial charge is 0.624 e. The highest BCUT2D eigenvalue weighted by Crippen LogP contribution is 2.32. The normalized spacial score (nSPS) is 11.1. The summed E-state index contributed by atoms with van der Waals surface area (Å²) < 4.78 is 16.1. The Morgan fingerprint density at radius 3 is 1.88 bits per heavy atom. The van der Waals surface area contributed by atoms with E-state index in [1.54, 1.807) is 19.2 Å². The van der Waals surface area contributed by atoms with Crippen molar-refractivity contribution in [2.75, 3.05) is 28.4 Å². The number of ether oxygens (including phenoxy) is 3. The summed E-state index contributed by atoms with van der Waals surface area (Å²) in [4.78, 5) is 0. The Kier molecular flexibility index (Phi) is 3.99. The molecule has 0 unspecified atom stereocenters. The fourth-order valence-electron chi connectivity index (χ4n) is 1.34. The second-order valence-corrected chi connectivity index (χ2v) is 3.12. The molecule has 0 saturated carbocycles. The van der Waals surface area contributed by atoms with Gasteiger partial charge in [0.05, 0.1) is 21.3 Å². The maximum atomic E-state index is 11.0. The monoisotopic (exact) mass is 225 g/mol. The Hall–Kier alpha value is -1.91. The van der Waals surface area contributed by atoms with E-state index in [4.69, 9.17) is 14.2 Å². The van der Waals surface area contributed by atoms with Gasteiger partial charge in [0.15, 0.2) is 6.21 Å². The van der Waals surface area contributed by atoms with Crippen LogP contribution in [0, 0.1) is 5.21 Å². The third-order valence-electron chi connectivity index (χ3n) is 2.06. The molecule has 0 N–H and O–H groups in total. The van der Waals surface area contributed by atoms with Crippen LogP contribution < -0.4 is 14.2 Å². The molecule has 0 atom stereocenters. The molecule has 5 heteroatoms. The molecule has 0 spiro atoms. The van der Waals surface area contributed by atoms with E-state index in [0.29, 0.717) is 27.6 Å². The first-order chi connectivity index (χ1) is 7.62. The Balaban J connectivity index is 3.37. The predicted molar refractivity (Wildman–Crippen MR) is 60.8 cm³/mol. The van der Waals surface area contributed by atoms with Crippen molar-refractivity contribution < 1.29 is 18.9 Å². The van der Waals surface area contributed by atoms with Gasteiger partial charge in [0.2, 0.25) is 0 Å². The number of benzene rings is 1. The quantitative estimate of drug-likeness (QED) is 0.335. The van der Waals surface area contributed by atoms with Crippen molar-refractivity contribution in [3.63, 3.8) is 0 Å². The highest BCUT2D eigenvalue weighted by Gasteiger charge is 2.13. The number of hydrogen-bond donors (Lipinski definition) is 0. The number of methoxy groups -OCH3 is 3. The van der Waals surface area contributed by atoms with Crippen molar-refractivity contribution >= 4 is 6.21 Å². The Bertz CT molecular complexity index is 372. The first kappa shape index (κ1) is 12.2. The summed E-state index contributed by atoms with van der Waals surface area (Å²) in [7, 11) is 5.99. The maximum absolute atomic E-state index is 11.0. The van der Waals surface area contributed by atoms with Crippen molar-refractivity contribution in [3.8, 4) is 17.2 Å². The van der Waals surface area contributed by atoms with Gasteiger partial charge in [-0.3, -0.25) is 0 Å². The summed E-state index contributed by atoms with van der Waals surface area (Å²) in [6, 6.07) is 3.38. The molecule has 16 heavy (non-hydrogen) atoms. The average Bonchev–Trinajstić information content (AvgIpc) is 2.28. The van der Waals surface area contributed by atoms with E-state index in [1.165, 1.54) is 27.5 Å². The van der Waals surface area contributed by atoms with Crippen LogP contribution in [0.4, 0.5) is 0 Å². The molecular weight excluding hydrogens is 210 g/mol. The van der Waals surface area contributed by atoms with Crippen LogP contribution in [-0.2, 0) is 0 Å². The molecule has 0 aliphatic carbocycles. The van der Waals surface area contributed by atoms with Crippen molar-refractivity contribution in [1.29, 1.82) is 0 Å². The SMILES string of the molecule is COc1cc(OC)c(/C=[N+](/C)[O-])c(OC)c1. The molecule has 0 fully saturated rings. The van der Waals surface area contributed by atoms with Crippen LogP contribution in [-0.4, -0.2) is 39.3 Å². The van der Waals surface area contributed by atoms with Crippen molar-refractivity contribution in [2.45, 2.75) is 0 Å². The Morgan fingerprint density at radius 2 is 1.56 bits per heavy atom. The third-order valence-corrected chi connectivity index (χ3v) is 2.06. The summed E-state index contributed by atoms with van der Waals surface area (Å²) in [5.74, 6) is 1.66. The molecule has 0 aliphatic rings. The fourth-order valence-corrected chi connectivity index (χ4v) is 1.34. The molecule has 1 aromatic rings. The van der Waals surface area contributed by atoms with Crippen LogP contribution in [0.3, 0.4) is 0 Å². The molecule has 0 heterocycles. The molecule has 1 aromatic carbocycles. The molecule has 0 aliphatic heterocycles. The van der Waals surface area contributed by atoms with Crippen LogP contribution in [0.25, 0.3) is 0 Å². The predicted octanol–water partition coefficient (Wildman–Crippen LogP) is 1.27. The first-order valence-corrected chi connectivity index (χ1v) is 4.67. The lowest BCUT2D eigenvalue weighted by molar-refractivity contribution is -0.416. The number of nitrogens with zero attached hydrogens (tertiary/aromatic N) is 1. The van der Waals surface area contributed by atoms with E-state index < -0.39 is 0 Å². The fraction of sp³-hybridized carbons (Fsp3) is 0.364. The molecule has 0 radical (unpaired) electrons. The van der Waals surface area contributed by atoms with Crippen LogP contribution in [0.5, 0.6) is 17.2 Å². The van der Waals surface area contributed by atoms with Gasteiger partial charge in [0, 0.05) is 12.1 Å². The van der Waals surface area contributed by atoms with Crippen molar-refractivity contribution in [1.82, 2.24) is 0 Å². The van der Waals surface area contributed by atoms with E-state index >= 15 is 0 Å². The van der Waals surface area contributed by atoms with Crippen LogP contribution in [0.1, 0.15) is 5.56 Å². The van der Waals surface area contributed by atoms with Crippen LogP contribution in [0.15, 0.2) is 12.1 Å². The second-order valence-electron chi connectivity index (χ2n) is 3.12. The van der Waals surface area contributed by atoms with Gasteiger partial charge >= 0.3 is 0 Å². The zero-order valence-corrected chi connectivity index (χ0v) is 9.81. The summed E-state index contributed by atoms with van der Waals surface area (Å²) in [6.07, 6.45) is 1.39. The Morgan fingerprint density at radius 1 is 1.06 bits per heavy atom. The molecule has 1 rings (SSSR count). The van der Waals surface area contributed by atoms with Gasteiger partial charge in [-0.15, -0.1) is 0 Å². The van der Waals surface area contributed by atoms with Crippen LogP contribution in [0.2, 0.25) is 0 Å². The number of hydrogen-bond acceptors (Lipinski definition) is 4. The molecule has 0 bridgehead atoms. The van der Waals surface area contributed by atoms with Crippen LogP contribution >= 0.6 is 0 Å². The standard InChI is InChI=1S/C11H15NO4/c1-12(13)7-9-10(15-3)5-8(14-2)6-11(9)16-4/h5-7H,1-4H3/b12-7-. The minimum atomic E-state index is 0.527. The lowest BCUT2D eigenvalue weighted by atomic mass is 10.2. The van der Waals surface area contributed by atoms with Gasteiger partial charge in [-0.2, -0.15) is 0 Å². The molecule has 0 amide bonds. The van der Waals surface area contributed by atoms with E-state index in [0.717, 1.165) is 0 Å². The minimum absolute atomic E-state index is 0.527. The average molecular weight is 225 g/mol. The number of hydroxylamine groups is 1. The van der Waals surface area contributed by atoms with Gasteiger partial charge in [-0.25, -0.2) is 4.74 Å². The van der Waals surface area contributed by atoms with E-state index in [9.17, 15) is 5.21 Å². The highest BCUT2D eigenvalue weighted by atomic mass is 16.5. The van der Waals surface area contributed by atoms with Gasteiger partial charge in [0.1, 0.15) is 29.9 Å². The molecule has 88 valence electrons. The van der Waals surface area contributed by atoms with Gasteiger partial charge in [-0.05, 0) is 0 Å².